The van der Waals surface area contributed by atoms with Gasteiger partial charge in [-0.3, -0.25) is 0 Å². The first-order valence-electron chi connectivity index (χ1n) is 3.07. The van der Waals surface area contributed by atoms with E-state index in [1.165, 1.54) is 0 Å². The molecule has 0 rings (SSSR count). The number of rotatable bonds is 4. The van der Waals surface area contributed by atoms with Crippen LogP contribution in [-0.2, 0) is 4.74 Å². The van der Waals surface area contributed by atoms with Crippen LogP contribution in [-0.4, -0.2) is 35.4 Å². The van der Waals surface area contributed by atoms with Crippen LogP contribution in [0, 0.1) is 0 Å². The summed E-state index contributed by atoms with van der Waals surface area (Å²) in [6, 6.07) is 0. The predicted octanol–water partition coefficient (Wildman–Crippen LogP) is -0.0425. The number of hydrogen-bond acceptors (Lipinski definition) is 2. The van der Waals surface area contributed by atoms with Crippen LogP contribution in [0.15, 0.2) is 0 Å². The molecule has 2 nitrogen and oxygen atoms in total. The quantitative estimate of drug-likeness (QED) is 0.344. The Balaban J connectivity index is 0. The summed E-state index contributed by atoms with van der Waals surface area (Å²) in [7, 11) is 0. The first-order chi connectivity index (χ1) is 3.77. The van der Waals surface area contributed by atoms with Crippen molar-refractivity contribution in [1.82, 2.24) is 0 Å². The standard InChI is InChI=1S/C6H14O2.Al.3H/c1-3-4-5-8-6(2)7;;;;/h6-7H,3-5H2,1-2H3;;;;. The molecule has 0 saturated heterocycles. The Morgan fingerprint density at radius 2 is 2.11 bits per heavy atom. The van der Waals surface area contributed by atoms with E-state index in [1.807, 2.05) is 0 Å². The van der Waals surface area contributed by atoms with E-state index in [0.717, 1.165) is 12.8 Å². The first kappa shape index (κ1) is 12.2. The highest BCUT2D eigenvalue weighted by molar-refractivity contribution is 5.75. The summed E-state index contributed by atoms with van der Waals surface area (Å²) in [6.45, 7) is 4.38. The minimum atomic E-state index is -0.596. The van der Waals surface area contributed by atoms with Crippen molar-refractivity contribution in [1.29, 1.82) is 0 Å². The second kappa shape index (κ2) is 8.45. The number of aliphatic hydroxyl groups is 1. The molecule has 0 aliphatic rings. The molecule has 0 spiro atoms. The zero-order valence-corrected chi connectivity index (χ0v) is 5.55. The fourth-order valence-corrected chi connectivity index (χ4v) is 0.398. The molecule has 9 heavy (non-hydrogen) atoms. The van der Waals surface area contributed by atoms with Gasteiger partial charge in [0.25, 0.3) is 0 Å². The van der Waals surface area contributed by atoms with Crippen LogP contribution in [0.1, 0.15) is 26.7 Å². The fourth-order valence-electron chi connectivity index (χ4n) is 0.398. The van der Waals surface area contributed by atoms with Gasteiger partial charge < -0.3 is 9.84 Å². The third-order valence-corrected chi connectivity index (χ3v) is 0.857. The van der Waals surface area contributed by atoms with Crippen molar-refractivity contribution >= 4 is 17.4 Å². The molecule has 0 bridgehead atoms. The maximum absolute atomic E-state index is 8.56. The monoisotopic (exact) mass is 148 g/mol. The van der Waals surface area contributed by atoms with Crippen LogP contribution in [0.5, 0.6) is 0 Å². The maximum atomic E-state index is 8.56. The maximum Gasteiger partial charge on any atom is 0.187 e. The molecule has 0 saturated carbocycles. The molecule has 0 aromatic carbocycles. The second-order valence-corrected chi connectivity index (χ2v) is 1.82. The Bertz CT molecular complexity index is 48.3. The van der Waals surface area contributed by atoms with Gasteiger partial charge in [-0.2, -0.15) is 0 Å². The summed E-state index contributed by atoms with van der Waals surface area (Å²) >= 11 is 0. The average molecular weight is 148 g/mol. The van der Waals surface area contributed by atoms with Crippen LogP contribution in [0.3, 0.4) is 0 Å². The molecule has 0 fully saturated rings. The fraction of sp³-hybridized carbons (Fsp3) is 1.00. The van der Waals surface area contributed by atoms with Gasteiger partial charge >= 0.3 is 0 Å². The SMILES string of the molecule is CCCCOC(C)O.[AlH3]. The normalized spacial score (nSPS) is 12.3. The van der Waals surface area contributed by atoms with Gasteiger partial charge in [0.15, 0.2) is 23.7 Å². The molecule has 3 heteroatoms. The van der Waals surface area contributed by atoms with E-state index in [1.54, 1.807) is 6.92 Å². The molecule has 1 unspecified atom stereocenters. The molecule has 0 heterocycles. The first-order valence-corrected chi connectivity index (χ1v) is 3.07. The molecular formula is C6H17AlO2. The van der Waals surface area contributed by atoms with Crippen molar-refractivity contribution in [2.24, 2.45) is 0 Å². The number of ether oxygens (including phenoxy) is 1. The van der Waals surface area contributed by atoms with Gasteiger partial charge in [-0.1, -0.05) is 13.3 Å². The van der Waals surface area contributed by atoms with E-state index >= 15 is 0 Å². The molecule has 0 amide bonds. The van der Waals surface area contributed by atoms with Gasteiger partial charge in [0.1, 0.15) is 0 Å². The van der Waals surface area contributed by atoms with Crippen molar-refractivity contribution in [2.45, 2.75) is 33.0 Å². The van der Waals surface area contributed by atoms with Gasteiger partial charge in [0.2, 0.25) is 0 Å². The van der Waals surface area contributed by atoms with E-state index < -0.39 is 6.29 Å². The molecule has 0 radical (unpaired) electrons. The Labute approximate surface area is 67.3 Å². The van der Waals surface area contributed by atoms with E-state index in [9.17, 15) is 0 Å². The summed E-state index contributed by atoms with van der Waals surface area (Å²) < 4.78 is 4.84. The summed E-state index contributed by atoms with van der Waals surface area (Å²) in [6.07, 6.45) is 1.55. The summed E-state index contributed by atoms with van der Waals surface area (Å²) in [5, 5.41) is 8.56. The highest BCUT2D eigenvalue weighted by Crippen LogP contribution is 1.90. The summed E-state index contributed by atoms with van der Waals surface area (Å²) in [5.74, 6) is 0. The van der Waals surface area contributed by atoms with Crippen molar-refractivity contribution in [2.75, 3.05) is 6.61 Å². The molecule has 56 valence electrons. The van der Waals surface area contributed by atoms with Gasteiger partial charge in [-0.15, -0.1) is 0 Å². The second-order valence-electron chi connectivity index (χ2n) is 1.82. The van der Waals surface area contributed by atoms with Crippen molar-refractivity contribution in [3.63, 3.8) is 0 Å². The molecule has 1 N–H and O–H groups in total. The lowest BCUT2D eigenvalue weighted by atomic mass is 10.4. The summed E-state index contributed by atoms with van der Waals surface area (Å²) in [4.78, 5) is 0. The topological polar surface area (TPSA) is 29.5 Å². The third-order valence-electron chi connectivity index (χ3n) is 0.857. The van der Waals surface area contributed by atoms with Gasteiger partial charge in [-0.05, 0) is 13.3 Å². The van der Waals surface area contributed by atoms with E-state index in [4.69, 9.17) is 9.84 Å². The minimum absolute atomic E-state index is 0. The highest BCUT2D eigenvalue weighted by Gasteiger charge is 1.90. The molecule has 0 aliphatic carbocycles. The number of aliphatic hydroxyl groups excluding tert-OH is 1. The Morgan fingerprint density at radius 1 is 1.56 bits per heavy atom. The van der Waals surface area contributed by atoms with E-state index in [-0.39, 0.29) is 17.4 Å². The van der Waals surface area contributed by atoms with Crippen LogP contribution in [0.4, 0.5) is 0 Å². The van der Waals surface area contributed by atoms with Crippen LogP contribution in [0.2, 0.25) is 0 Å². The number of hydrogen-bond donors (Lipinski definition) is 1. The van der Waals surface area contributed by atoms with Crippen LogP contribution < -0.4 is 0 Å². The molecule has 0 aromatic rings. The third kappa shape index (κ3) is 11.8. The van der Waals surface area contributed by atoms with Crippen molar-refractivity contribution in [3.05, 3.63) is 0 Å². The van der Waals surface area contributed by atoms with Crippen molar-refractivity contribution < 1.29 is 9.84 Å². The smallest absolute Gasteiger partial charge is 0.187 e. The molecular weight excluding hydrogens is 131 g/mol. The lowest BCUT2D eigenvalue weighted by molar-refractivity contribution is -0.0856. The largest absolute Gasteiger partial charge is 0.368 e. The van der Waals surface area contributed by atoms with Crippen LogP contribution in [0.25, 0.3) is 0 Å². The van der Waals surface area contributed by atoms with Gasteiger partial charge in [0, 0.05) is 6.61 Å². The van der Waals surface area contributed by atoms with Gasteiger partial charge in [-0.25, -0.2) is 0 Å². The lowest BCUT2D eigenvalue weighted by Gasteiger charge is -2.03. The molecule has 1 atom stereocenters. The van der Waals surface area contributed by atoms with Gasteiger partial charge in [0.05, 0.1) is 0 Å². The molecule has 0 aromatic heterocycles. The zero-order chi connectivity index (χ0) is 6.41. The number of unbranched alkanes of at least 4 members (excludes halogenated alkanes) is 1. The Hall–Kier alpha value is 0.452. The summed E-state index contributed by atoms with van der Waals surface area (Å²) in [5.41, 5.74) is 0. The van der Waals surface area contributed by atoms with Crippen LogP contribution >= 0.6 is 0 Å². The lowest BCUT2D eigenvalue weighted by Crippen LogP contribution is -2.06. The van der Waals surface area contributed by atoms with E-state index in [2.05, 4.69) is 6.92 Å². The predicted molar refractivity (Wildman–Crippen MR) is 42.5 cm³/mol. The highest BCUT2D eigenvalue weighted by atomic mass is 27.0. The Kier molecular flexibility index (Phi) is 11.4. The Morgan fingerprint density at radius 3 is 2.44 bits per heavy atom. The minimum Gasteiger partial charge on any atom is -0.368 e. The van der Waals surface area contributed by atoms with Crippen molar-refractivity contribution in [3.8, 4) is 0 Å². The zero-order valence-electron chi connectivity index (χ0n) is 5.55. The average Bonchev–Trinajstić information content (AvgIpc) is 1.66. The molecule has 0 aliphatic heterocycles. The van der Waals surface area contributed by atoms with E-state index in [0.29, 0.717) is 6.61 Å².